The molecule has 0 aromatic heterocycles. The Morgan fingerprint density at radius 2 is 1.81 bits per heavy atom. The lowest BCUT2D eigenvalue weighted by atomic mass is 10.6. The van der Waals surface area contributed by atoms with Crippen LogP contribution in [-0.4, -0.2) is 58.4 Å². The predicted molar refractivity (Wildman–Crippen MR) is 57.7 cm³/mol. The van der Waals surface area contributed by atoms with Crippen molar-refractivity contribution >= 4 is 16.4 Å². The number of quaternary nitrogens is 1. The van der Waals surface area contributed by atoms with Crippen LogP contribution in [0.5, 0.6) is 0 Å². The van der Waals surface area contributed by atoms with Gasteiger partial charge in [-0.3, -0.25) is 13.2 Å². The van der Waals surface area contributed by atoms with Crippen molar-refractivity contribution in [1.82, 2.24) is 0 Å². The van der Waals surface area contributed by atoms with Crippen LogP contribution >= 0.6 is 0 Å². The highest BCUT2D eigenvalue weighted by Crippen LogP contribution is 1.90. The zero-order valence-corrected chi connectivity index (χ0v) is 10.7. The molecule has 0 aromatic rings. The van der Waals surface area contributed by atoms with Crippen molar-refractivity contribution in [3.05, 3.63) is 12.7 Å². The summed E-state index contributed by atoms with van der Waals surface area (Å²) in [7, 11) is 2.53. The summed E-state index contributed by atoms with van der Waals surface area (Å²) in [5.41, 5.74) is 0. The number of ether oxygens (including phenoxy) is 1. The third kappa shape index (κ3) is 18.8. The first-order valence-electron chi connectivity index (χ1n) is 4.14. The first-order valence-corrected chi connectivity index (χ1v) is 5.51. The molecular weight excluding hydrogens is 238 g/mol. The Labute approximate surface area is 95.8 Å². The lowest BCUT2D eigenvalue weighted by molar-refractivity contribution is -0.888. The number of carbonyl (C=O) groups is 1. The standard InChI is InChI=1S/C7H14NO2.CH4O4S/c1-5-7(9)10-6-8(2,3)4;1-5-6(2,3)4/h5H,1,6H2,2-4H3;1H3,(H,2,3,4)/q+1;. The van der Waals surface area contributed by atoms with Gasteiger partial charge in [-0.25, -0.2) is 4.79 Å². The summed E-state index contributed by atoms with van der Waals surface area (Å²) in [6.45, 7) is 3.66. The van der Waals surface area contributed by atoms with Gasteiger partial charge in [0.25, 0.3) is 0 Å². The monoisotopic (exact) mass is 256 g/mol. The van der Waals surface area contributed by atoms with Crippen LogP contribution in [0.4, 0.5) is 0 Å². The predicted octanol–water partition coefficient (Wildman–Crippen LogP) is -0.185. The van der Waals surface area contributed by atoms with E-state index in [4.69, 9.17) is 9.29 Å². The van der Waals surface area contributed by atoms with Crippen LogP contribution in [0.1, 0.15) is 0 Å². The quantitative estimate of drug-likeness (QED) is 0.247. The third-order valence-corrected chi connectivity index (χ3v) is 1.39. The first kappa shape index (κ1) is 17.4. The van der Waals surface area contributed by atoms with Crippen LogP contribution in [0.3, 0.4) is 0 Å². The molecule has 16 heavy (non-hydrogen) atoms. The molecule has 0 atom stereocenters. The van der Waals surface area contributed by atoms with Gasteiger partial charge in [-0.15, -0.1) is 0 Å². The summed E-state index contributed by atoms with van der Waals surface area (Å²) in [6, 6.07) is 0. The molecule has 8 heteroatoms. The highest BCUT2D eigenvalue weighted by atomic mass is 32.3. The highest BCUT2D eigenvalue weighted by molar-refractivity contribution is 7.80. The first-order chi connectivity index (χ1) is 7.02. The van der Waals surface area contributed by atoms with Crippen molar-refractivity contribution in [2.45, 2.75) is 0 Å². The minimum Gasteiger partial charge on any atom is -0.412 e. The fraction of sp³-hybridized carbons (Fsp3) is 0.625. The Kier molecular flexibility index (Phi) is 7.99. The van der Waals surface area contributed by atoms with E-state index in [9.17, 15) is 13.2 Å². The van der Waals surface area contributed by atoms with E-state index in [-0.39, 0.29) is 5.97 Å². The van der Waals surface area contributed by atoms with Crippen LogP contribution in [0.2, 0.25) is 0 Å². The van der Waals surface area contributed by atoms with Crippen molar-refractivity contribution < 1.29 is 31.2 Å². The molecule has 96 valence electrons. The molecule has 0 radical (unpaired) electrons. The van der Waals surface area contributed by atoms with Gasteiger partial charge in [-0.05, 0) is 0 Å². The smallest absolute Gasteiger partial charge is 0.397 e. The molecule has 0 heterocycles. The summed E-state index contributed by atoms with van der Waals surface area (Å²) in [5.74, 6) is -0.368. The van der Waals surface area contributed by atoms with Gasteiger partial charge >= 0.3 is 16.4 Å². The molecule has 7 nitrogen and oxygen atoms in total. The lowest BCUT2D eigenvalue weighted by Gasteiger charge is -2.22. The number of rotatable bonds is 4. The number of nitrogens with zero attached hydrogens (tertiary/aromatic N) is 1. The van der Waals surface area contributed by atoms with Gasteiger partial charge < -0.3 is 4.74 Å². The van der Waals surface area contributed by atoms with Gasteiger partial charge in [0, 0.05) is 6.08 Å². The van der Waals surface area contributed by atoms with Crippen LogP contribution in [-0.2, 0) is 24.1 Å². The second-order valence-corrected chi connectivity index (χ2v) is 4.87. The largest absolute Gasteiger partial charge is 0.412 e. The zero-order chi connectivity index (χ0) is 13.4. The molecule has 1 N–H and O–H groups in total. The second-order valence-electron chi connectivity index (χ2n) is 3.68. The average Bonchev–Trinajstić information content (AvgIpc) is 2.13. The summed E-state index contributed by atoms with van der Waals surface area (Å²) >= 11 is 0. The van der Waals surface area contributed by atoms with Crippen molar-refractivity contribution in [3.8, 4) is 0 Å². The maximum absolute atomic E-state index is 10.5. The van der Waals surface area contributed by atoms with E-state index < -0.39 is 10.4 Å². The van der Waals surface area contributed by atoms with Crippen molar-refractivity contribution in [2.24, 2.45) is 0 Å². The Morgan fingerprint density at radius 3 is 2.00 bits per heavy atom. The molecule has 0 saturated heterocycles. The van der Waals surface area contributed by atoms with Gasteiger partial charge in [-0.1, -0.05) is 6.58 Å². The lowest BCUT2D eigenvalue weighted by Crippen LogP contribution is -2.37. The van der Waals surface area contributed by atoms with Gasteiger partial charge in [0.2, 0.25) is 6.73 Å². The Balaban J connectivity index is 0. The molecule has 0 aliphatic rings. The van der Waals surface area contributed by atoms with E-state index in [0.29, 0.717) is 11.2 Å². The molecule has 0 fully saturated rings. The van der Waals surface area contributed by atoms with Crippen LogP contribution < -0.4 is 0 Å². The second kappa shape index (κ2) is 7.34. The maximum Gasteiger partial charge on any atom is 0.397 e. The van der Waals surface area contributed by atoms with Crippen molar-refractivity contribution in [1.29, 1.82) is 0 Å². The molecule has 0 aliphatic carbocycles. The molecule has 0 unspecified atom stereocenters. The van der Waals surface area contributed by atoms with E-state index in [1.807, 2.05) is 21.1 Å². The minimum absolute atomic E-state index is 0.368. The normalized spacial score (nSPS) is 11.1. The SMILES string of the molecule is C=CC(=O)OC[N+](C)(C)C.COS(=O)(=O)O. The minimum atomic E-state index is -4.16. The van der Waals surface area contributed by atoms with Gasteiger partial charge in [0.15, 0.2) is 0 Å². The highest BCUT2D eigenvalue weighted by Gasteiger charge is 2.07. The van der Waals surface area contributed by atoms with Gasteiger partial charge in [-0.2, -0.15) is 8.42 Å². The van der Waals surface area contributed by atoms with E-state index >= 15 is 0 Å². The fourth-order valence-corrected chi connectivity index (χ4v) is 0.316. The summed E-state index contributed by atoms with van der Waals surface area (Å²) in [5, 5.41) is 0. The summed E-state index contributed by atoms with van der Waals surface area (Å²) in [6.07, 6.45) is 1.16. The van der Waals surface area contributed by atoms with E-state index in [1.54, 1.807) is 0 Å². The number of carbonyl (C=O) groups excluding carboxylic acids is 1. The van der Waals surface area contributed by atoms with E-state index in [1.165, 1.54) is 0 Å². The molecule has 0 aliphatic heterocycles. The molecule has 0 rings (SSSR count). The topological polar surface area (TPSA) is 89.9 Å². The molecule has 0 spiro atoms. The van der Waals surface area contributed by atoms with Crippen molar-refractivity contribution in [2.75, 3.05) is 35.0 Å². The van der Waals surface area contributed by atoms with Crippen LogP contribution in [0, 0.1) is 0 Å². The third-order valence-electron chi connectivity index (χ3n) is 0.971. The summed E-state index contributed by atoms with van der Waals surface area (Å²) in [4.78, 5) is 10.5. The van der Waals surface area contributed by atoms with Crippen molar-refractivity contribution in [3.63, 3.8) is 0 Å². The van der Waals surface area contributed by atoms with Gasteiger partial charge in [0.05, 0.1) is 28.3 Å². The fourth-order valence-electron chi connectivity index (χ4n) is 0.316. The maximum atomic E-state index is 10.5. The summed E-state index contributed by atoms with van der Waals surface area (Å²) < 4.78 is 35.1. The average molecular weight is 256 g/mol. The molecule has 0 aromatic carbocycles. The number of hydrogen-bond donors (Lipinski definition) is 1. The van der Waals surface area contributed by atoms with E-state index in [0.717, 1.165) is 13.2 Å². The van der Waals surface area contributed by atoms with Crippen LogP contribution in [0.25, 0.3) is 0 Å². The molecule has 0 saturated carbocycles. The zero-order valence-electron chi connectivity index (χ0n) is 9.84. The van der Waals surface area contributed by atoms with Crippen LogP contribution in [0.15, 0.2) is 12.7 Å². The number of hydrogen-bond acceptors (Lipinski definition) is 5. The molecule has 0 amide bonds. The number of esters is 1. The Morgan fingerprint density at radius 1 is 1.44 bits per heavy atom. The Bertz CT molecular complexity index is 316. The molecule has 0 bridgehead atoms. The Hall–Kier alpha value is -0.960. The van der Waals surface area contributed by atoms with Gasteiger partial charge in [0.1, 0.15) is 0 Å². The molecular formula is C8H18NO6S+. The van der Waals surface area contributed by atoms with E-state index in [2.05, 4.69) is 10.8 Å².